The highest BCUT2D eigenvalue weighted by Gasteiger charge is 2.44. The molecule has 0 bridgehead atoms. The number of amides is 2. The number of hydrogen-bond donors (Lipinski definition) is 1. The van der Waals surface area contributed by atoms with Crippen molar-refractivity contribution in [3.63, 3.8) is 0 Å². The molecule has 3 atom stereocenters. The van der Waals surface area contributed by atoms with Crippen LogP contribution in [0.2, 0.25) is 10.0 Å². The molecule has 2 saturated heterocycles. The number of likely N-dealkylation sites (tertiary alicyclic amines) is 1. The predicted molar refractivity (Wildman–Crippen MR) is 98.5 cm³/mol. The van der Waals surface area contributed by atoms with Crippen molar-refractivity contribution in [3.05, 3.63) is 28.2 Å². The van der Waals surface area contributed by atoms with Crippen molar-refractivity contribution in [2.45, 2.75) is 32.2 Å². The third-order valence-electron chi connectivity index (χ3n) is 5.29. The molecule has 2 heterocycles. The Balaban J connectivity index is 1.78. The summed E-state index contributed by atoms with van der Waals surface area (Å²) in [6, 6.07) is 4.44. The van der Waals surface area contributed by atoms with Crippen LogP contribution in [0.25, 0.3) is 0 Å². The number of aliphatic carboxylic acids is 1. The van der Waals surface area contributed by atoms with Crippen LogP contribution in [0.4, 0.5) is 5.69 Å². The molecule has 1 unspecified atom stereocenters. The summed E-state index contributed by atoms with van der Waals surface area (Å²) < 4.78 is 0. The third-order valence-corrected chi connectivity index (χ3v) is 5.85. The van der Waals surface area contributed by atoms with Crippen LogP contribution in [0, 0.1) is 11.8 Å². The highest BCUT2D eigenvalue weighted by atomic mass is 35.5. The first-order valence-electron chi connectivity index (χ1n) is 8.61. The molecular weight excluding hydrogens is 379 g/mol. The van der Waals surface area contributed by atoms with E-state index in [-0.39, 0.29) is 11.8 Å². The van der Waals surface area contributed by atoms with E-state index in [0.717, 1.165) is 0 Å². The normalized spacial score (nSPS) is 26.3. The number of piperidine rings is 1. The van der Waals surface area contributed by atoms with Gasteiger partial charge in [-0.1, -0.05) is 23.2 Å². The number of nitrogens with zero attached hydrogens (tertiary/aromatic N) is 2. The molecule has 2 fully saturated rings. The van der Waals surface area contributed by atoms with Crippen LogP contribution >= 0.6 is 23.2 Å². The van der Waals surface area contributed by atoms with E-state index in [0.29, 0.717) is 48.1 Å². The first kappa shape index (κ1) is 19.0. The van der Waals surface area contributed by atoms with Gasteiger partial charge in [0.2, 0.25) is 11.8 Å². The molecule has 0 saturated carbocycles. The Labute approximate surface area is 161 Å². The number of carboxylic acids is 1. The van der Waals surface area contributed by atoms with E-state index in [1.165, 1.54) is 4.90 Å². The van der Waals surface area contributed by atoms with Gasteiger partial charge in [0, 0.05) is 24.2 Å². The number of anilines is 1. The molecular formula is C18H20Cl2N2O4. The van der Waals surface area contributed by atoms with Crippen molar-refractivity contribution in [2.24, 2.45) is 11.8 Å². The number of rotatable bonds is 3. The van der Waals surface area contributed by atoms with Gasteiger partial charge in [-0.05, 0) is 44.4 Å². The molecule has 1 N–H and O–H groups in total. The number of halogens is 2. The maximum Gasteiger partial charge on any atom is 0.308 e. The Morgan fingerprint density at radius 2 is 1.92 bits per heavy atom. The van der Waals surface area contributed by atoms with Gasteiger partial charge in [0.15, 0.2) is 0 Å². The van der Waals surface area contributed by atoms with Gasteiger partial charge in [-0.2, -0.15) is 0 Å². The average molecular weight is 399 g/mol. The second-order valence-electron chi connectivity index (χ2n) is 6.79. The number of carbonyl (C=O) groups excluding carboxylic acids is 2. The fourth-order valence-corrected chi connectivity index (χ4v) is 4.21. The predicted octanol–water partition coefficient (Wildman–Crippen LogP) is 3.06. The van der Waals surface area contributed by atoms with E-state index >= 15 is 0 Å². The summed E-state index contributed by atoms with van der Waals surface area (Å²) in [6.45, 7) is 2.59. The molecule has 2 aliphatic heterocycles. The molecule has 0 spiro atoms. The highest BCUT2D eigenvalue weighted by Crippen LogP contribution is 2.35. The minimum Gasteiger partial charge on any atom is -0.481 e. The third kappa shape index (κ3) is 3.40. The Hall–Kier alpha value is -1.79. The average Bonchev–Trinajstić information content (AvgIpc) is 2.97. The SMILES string of the molecule is C[C@@H]1[C@H](C(=O)O)CCCN1C(=O)C1CCN(c2cc(Cl)ccc2Cl)C1=O. The summed E-state index contributed by atoms with van der Waals surface area (Å²) >= 11 is 12.2. The van der Waals surface area contributed by atoms with Crippen molar-refractivity contribution >= 4 is 46.7 Å². The lowest BCUT2D eigenvalue weighted by Crippen LogP contribution is -2.52. The number of carboxylic acid groups (broad SMARTS) is 1. The van der Waals surface area contributed by atoms with Crippen molar-refractivity contribution in [1.29, 1.82) is 0 Å². The molecule has 0 aliphatic carbocycles. The molecule has 2 amide bonds. The van der Waals surface area contributed by atoms with Gasteiger partial charge in [0.25, 0.3) is 0 Å². The fraction of sp³-hybridized carbons (Fsp3) is 0.500. The first-order chi connectivity index (χ1) is 12.3. The molecule has 6 nitrogen and oxygen atoms in total. The summed E-state index contributed by atoms with van der Waals surface area (Å²) in [5.41, 5.74) is 0.495. The summed E-state index contributed by atoms with van der Waals surface area (Å²) in [6.07, 6.45) is 1.54. The Morgan fingerprint density at radius 1 is 1.19 bits per heavy atom. The maximum absolute atomic E-state index is 12.9. The molecule has 0 aromatic heterocycles. The van der Waals surface area contributed by atoms with E-state index < -0.39 is 23.8 Å². The van der Waals surface area contributed by atoms with Crippen LogP contribution in [0.5, 0.6) is 0 Å². The van der Waals surface area contributed by atoms with Crippen molar-refractivity contribution in [3.8, 4) is 0 Å². The van der Waals surface area contributed by atoms with Gasteiger partial charge in [-0.25, -0.2) is 0 Å². The Bertz CT molecular complexity index is 755. The number of benzene rings is 1. The Kier molecular flexibility index (Phi) is 5.44. The van der Waals surface area contributed by atoms with E-state index in [1.54, 1.807) is 30.0 Å². The van der Waals surface area contributed by atoms with Gasteiger partial charge in [-0.3, -0.25) is 14.4 Å². The van der Waals surface area contributed by atoms with Crippen LogP contribution in [-0.4, -0.2) is 46.9 Å². The molecule has 8 heteroatoms. The molecule has 2 aliphatic rings. The van der Waals surface area contributed by atoms with E-state index in [2.05, 4.69) is 0 Å². The van der Waals surface area contributed by atoms with Crippen LogP contribution in [-0.2, 0) is 14.4 Å². The van der Waals surface area contributed by atoms with Gasteiger partial charge < -0.3 is 14.9 Å². The number of hydrogen-bond acceptors (Lipinski definition) is 3. The second-order valence-corrected chi connectivity index (χ2v) is 7.63. The van der Waals surface area contributed by atoms with E-state index in [4.69, 9.17) is 23.2 Å². The lowest BCUT2D eigenvalue weighted by Gasteiger charge is -2.38. The van der Waals surface area contributed by atoms with Gasteiger partial charge in [0.05, 0.1) is 16.6 Å². The fourth-order valence-electron chi connectivity index (χ4n) is 3.83. The van der Waals surface area contributed by atoms with Crippen LogP contribution in [0.3, 0.4) is 0 Å². The molecule has 140 valence electrons. The summed E-state index contributed by atoms with van der Waals surface area (Å²) in [5, 5.41) is 10.2. The second kappa shape index (κ2) is 7.45. The van der Waals surface area contributed by atoms with Gasteiger partial charge >= 0.3 is 5.97 Å². The minimum atomic E-state index is -0.903. The monoisotopic (exact) mass is 398 g/mol. The first-order valence-corrected chi connectivity index (χ1v) is 9.36. The van der Waals surface area contributed by atoms with Gasteiger partial charge in [0.1, 0.15) is 5.92 Å². The zero-order chi connectivity index (χ0) is 19.0. The smallest absolute Gasteiger partial charge is 0.308 e. The minimum absolute atomic E-state index is 0.297. The highest BCUT2D eigenvalue weighted by molar-refractivity contribution is 6.36. The molecule has 26 heavy (non-hydrogen) atoms. The maximum atomic E-state index is 12.9. The van der Waals surface area contributed by atoms with Crippen molar-refractivity contribution < 1.29 is 19.5 Å². The standard InChI is InChI=1S/C18H20Cl2N2O4/c1-10-12(18(25)26)3-2-7-21(10)16(23)13-6-8-22(17(13)24)15-9-11(19)4-5-14(15)20/h4-5,9-10,12-13H,2-3,6-8H2,1H3,(H,25,26)/t10-,12-,13?/m1/s1. The lowest BCUT2D eigenvalue weighted by atomic mass is 9.89. The zero-order valence-electron chi connectivity index (χ0n) is 14.3. The molecule has 0 radical (unpaired) electrons. The summed E-state index contributed by atoms with van der Waals surface area (Å²) in [4.78, 5) is 40.2. The topological polar surface area (TPSA) is 77.9 Å². The largest absolute Gasteiger partial charge is 0.481 e. The zero-order valence-corrected chi connectivity index (χ0v) is 15.8. The van der Waals surface area contributed by atoms with E-state index in [9.17, 15) is 19.5 Å². The van der Waals surface area contributed by atoms with Crippen molar-refractivity contribution in [1.82, 2.24) is 4.90 Å². The van der Waals surface area contributed by atoms with Crippen LogP contribution in [0.1, 0.15) is 26.2 Å². The quantitative estimate of drug-likeness (QED) is 0.793. The summed E-state index contributed by atoms with van der Waals surface area (Å²) in [5.74, 6) is -2.92. The van der Waals surface area contributed by atoms with Gasteiger partial charge in [-0.15, -0.1) is 0 Å². The van der Waals surface area contributed by atoms with Crippen LogP contribution < -0.4 is 4.90 Å². The van der Waals surface area contributed by atoms with Crippen molar-refractivity contribution in [2.75, 3.05) is 18.0 Å². The molecule has 3 rings (SSSR count). The van der Waals surface area contributed by atoms with E-state index in [1.807, 2.05) is 0 Å². The van der Waals surface area contributed by atoms with Crippen LogP contribution in [0.15, 0.2) is 18.2 Å². The Morgan fingerprint density at radius 3 is 2.62 bits per heavy atom. The molecule has 1 aromatic rings. The lowest BCUT2D eigenvalue weighted by molar-refractivity contribution is -0.151. The summed E-state index contributed by atoms with van der Waals surface area (Å²) in [7, 11) is 0. The molecule has 1 aromatic carbocycles. The number of carbonyl (C=O) groups is 3.